The minimum atomic E-state index is -4.57. The molecule has 0 amide bonds. The molecule has 0 radical (unpaired) electrons. The highest BCUT2D eigenvalue weighted by Crippen LogP contribution is 2.29. The van der Waals surface area contributed by atoms with Gasteiger partial charge in [0.1, 0.15) is 0 Å². The summed E-state index contributed by atoms with van der Waals surface area (Å²) >= 11 is 0. The zero-order valence-corrected chi connectivity index (χ0v) is 8.00. The standard InChI is InChI=1S/C8H9F3N2O2/c1-4-3-6(8(9,10)11)12-13(4)5(2)7(14)15/h3,5H,1-2H3,(H,14,15)/p-1/t5-/m1/s1. The monoisotopic (exact) mass is 221 g/mol. The summed E-state index contributed by atoms with van der Waals surface area (Å²) in [6.45, 7) is 2.55. The number of aliphatic carboxylic acids is 1. The number of nitrogens with zero attached hydrogens (tertiary/aromatic N) is 2. The van der Waals surface area contributed by atoms with Crippen LogP contribution in [0.5, 0.6) is 0 Å². The van der Waals surface area contributed by atoms with E-state index in [1.165, 1.54) is 13.8 Å². The summed E-state index contributed by atoms with van der Waals surface area (Å²) in [6.07, 6.45) is -4.57. The van der Waals surface area contributed by atoms with Crippen LogP contribution in [0.25, 0.3) is 0 Å². The molecule has 0 aliphatic heterocycles. The molecule has 0 saturated carbocycles. The highest BCUT2D eigenvalue weighted by atomic mass is 19.4. The number of hydrogen-bond donors (Lipinski definition) is 0. The van der Waals surface area contributed by atoms with Gasteiger partial charge in [-0.2, -0.15) is 18.3 Å². The predicted molar refractivity (Wildman–Crippen MR) is 41.7 cm³/mol. The van der Waals surface area contributed by atoms with E-state index in [4.69, 9.17) is 0 Å². The third-order valence-corrected chi connectivity index (χ3v) is 1.92. The smallest absolute Gasteiger partial charge is 0.435 e. The summed E-state index contributed by atoms with van der Waals surface area (Å²) in [7, 11) is 0. The van der Waals surface area contributed by atoms with Crippen LogP contribution in [0.1, 0.15) is 24.4 Å². The van der Waals surface area contributed by atoms with Crippen molar-refractivity contribution in [2.75, 3.05) is 0 Å². The lowest BCUT2D eigenvalue weighted by atomic mass is 10.3. The van der Waals surface area contributed by atoms with Crippen molar-refractivity contribution in [3.63, 3.8) is 0 Å². The van der Waals surface area contributed by atoms with Gasteiger partial charge in [-0.3, -0.25) is 4.68 Å². The lowest BCUT2D eigenvalue weighted by Crippen LogP contribution is -2.32. The molecule has 0 N–H and O–H groups in total. The summed E-state index contributed by atoms with van der Waals surface area (Å²) in [5.41, 5.74) is -0.980. The second kappa shape index (κ2) is 3.56. The molecule has 0 fully saturated rings. The minimum Gasteiger partial charge on any atom is -0.548 e. The molecule has 7 heteroatoms. The number of aromatic nitrogens is 2. The van der Waals surface area contributed by atoms with Crippen molar-refractivity contribution in [1.29, 1.82) is 0 Å². The molecule has 1 heterocycles. The van der Waals surface area contributed by atoms with E-state index < -0.39 is 23.9 Å². The molecule has 0 spiro atoms. The number of hydrogen-bond acceptors (Lipinski definition) is 3. The van der Waals surface area contributed by atoms with E-state index in [2.05, 4.69) is 5.10 Å². The molecule has 4 nitrogen and oxygen atoms in total. The maximum atomic E-state index is 12.2. The van der Waals surface area contributed by atoms with Crippen LogP contribution in [0.3, 0.4) is 0 Å². The molecular formula is C8H8F3N2O2-. The molecule has 15 heavy (non-hydrogen) atoms. The number of carboxylic acids is 1. The average Bonchev–Trinajstić information content (AvgIpc) is 2.45. The van der Waals surface area contributed by atoms with Gasteiger partial charge in [-0.1, -0.05) is 0 Å². The first-order valence-corrected chi connectivity index (χ1v) is 4.07. The van der Waals surface area contributed by atoms with Crippen LogP contribution in [0.2, 0.25) is 0 Å². The van der Waals surface area contributed by atoms with Crippen LogP contribution in [-0.4, -0.2) is 15.7 Å². The minimum absolute atomic E-state index is 0.124. The van der Waals surface area contributed by atoms with Crippen LogP contribution in [0.15, 0.2) is 6.07 Å². The van der Waals surface area contributed by atoms with Gasteiger partial charge in [0.15, 0.2) is 5.69 Å². The largest absolute Gasteiger partial charge is 0.548 e. The predicted octanol–water partition coefficient (Wildman–Crippen LogP) is 0.521. The summed E-state index contributed by atoms with van der Waals surface area (Å²) in [6, 6.07) is -0.430. The van der Waals surface area contributed by atoms with E-state index >= 15 is 0 Å². The highest BCUT2D eigenvalue weighted by molar-refractivity contribution is 5.68. The molecule has 0 unspecified atom stereocenters. The zero-order chi connectivity index (χ0) is 11.8. The number of aryl methyl sites for hydroxylation is 1. The highest BCUT2D eigenvalue weighted by Gasteiger charge is 2.34. The molecule has 1 rings (SSSR count). The fraction of sp³-hybridized carbons (Fsp3) is 0.500. The molecule has 0 aliphatic rings. The number of carboxylic acid groups (broad SMARTS) is 1. The SMILES string of the molecule is Cc1cc(C(F)(F)F)nn1[C@H](C)C(=O)[O-]. The zero-order valence-electron chi connectivity index (χ0n) is 8.00. The van der Waals surface area contributed by atoms with Gasteiger partial charge >= 0.3 is 6.18 Å². The van der Waals surface area contributed by atoms with Gasteiger partial charge in [0.25, 0.3) is 0 Å². The fourth-order valence-corrected chi connectivity index (χ4v) is 1.12. The molecule has 0 bridgehead atoms. The van der Waals surface area contributed by atoms with Crippen molar-refractivity contribution >= 4 is 5.97 Å². The van der Waals surface area contributed by atoms with Crippen LogP contribution in [0, 0.1) is 6.92 Å². The van der Waals surface area contributed by atoms with E-state index in [0.29, 0.717) is 0 Å². The number of carbonyl (C=O) groups excluding carboxylic acids is 1. The number of carbonyl (C=O) groups is 1. The van der Waals surface area contributed by atoms with Gasteiger partial charge in [-0.15, -0.1) is 0 Å². The Bertz CT molecular complexity index is 384. The van der Waals surface area contributed by atoms with Gasteiger partial charge in [-0.05, 0) is 19.9 Å². The van der Waals surface area contributed by atoms with E-state index in [9.17, 15) is 23.1 Å². The Balaban J connectivity index is 3.12. The van der Waals surface area contributed by atoms with Gasteiger partial charge < -0.3 is 9.90 Å². The molecule has 1 aromatic rings. The van der Waals surface area contributed by atoms with Crippen molar-refractivity contribution in [2.24, 2.45) is 0 Å². The molecule has 0 aromatic carbocycles. The second-order valence-electron chi connectivity index (χ2n) is 3.11. The summed E-state index contributed by atoms with van der Waals surface area (Å²) in [4.78, 5) is 10.5. The lowest BCUT2D eigenvalue weighted by molar-refractivity contribution is -0.310. The molecule has 1 atom stereocenters. The fourth-order valence-electron chi connectivity index (χ4n) is 1.12. The van der Waals surface area contributed by atoms with Crippen LogP contribution >= 0.6 is 0 Å². The van der Waals surface area contributed by atoms with Crippen molar-refractivity contribution in [3.8, 4) is 0 Å². The van der Waals surface area contributed by atoms with Crippen LogP contribution in [-0.2, 0) is 11.0 Å². The maximum Gasteiger partial charge on any atom is 0.435 e. The van der Waals surface area contributed by atoms with E-state index in [-0.39, 0.29) is 5.69 Å². The lowest BCUT2D eigenvalue weighted by Gasteiger charge is -2.14. The van der Waals surface area contributed by atoms with E-state index in [1.807, 2.05) is 0 Å². The second-order valence-corrected chi connectivity index (χ2v) is 3.11. The maximum absolute atomic E-state index is 12.2. The van der Waals surface area contributed by atoms with Gasteiger partial charge in [0.05, 0.1) is 12.0 Å². The Morgan fingerprint density at radius 3 is 2.47 bits per heavy atom. The normalized spacial score (nSPS) is 13.9. The first kappa shape index (κ1) is 11.5. The Labute approximate surface area is 83.3 Å². The van der Waals surface area contributed by atoms with Crippen LogP contribution in [0.4, 0.5) is 13.2 Å². The number of rotatable bonds is 2. The first-order chi connectivity index (χ1) is 6.73. The van der Waals surface area contributed by atoms with E-state index in [1.54, 1.807) is 0 Å². The average molecular weight is 221 g/mol. The van der Waals surface area contributed by atoms with Crippen LogP contribution < -0.4 is 5.11 Å². The molecule has 0 saturated heterocycles. The number of alkyl halides is 3. The third-order valence-electron chi connectivity index (χ3n) is 1.92. The molecule has 0 aliphatic carbocycles. The van der Waals surface area contributed by atoms with E-state index in [0.717, 1.165) is 10.7 Å². The summed E-state index contributed by atoms with van der Waals surface area (Å²) < 4.78 is 37.4. The Hall–Kier alpha value is -1.53. The Kier molecular flexibility index (Phi) is 2.74. The molecule has 1 aromatic heterocycles. The molecule has 84 valence electrons. The van der Waals surface area contributed by atoms with Crippen molar-refractivity contribution in [2.45, 2.75) is 26.1 Å². The molecular weight excluding hydrogens is 213 g/mol. The van der Waals surface area contributed by atoms with Crippen molar-refractivity contribution in [1.82, 2.24) is 9.78 Å². The summed E-state index contributed by atoms with van der Waals surface area (Å²) in [5.74, 6) is -1.48. The Morgan fingerprint density at radius 1 is 1.60 bits per heavy atom. The van der Waals surface area contributed by atoms with Gasteiger partial charge in [-0.25, -0.2) is 0 Å². The first-order valence-electron chi connectivity index (χ1n) is 4.07. The number of halogens is 3. The van der Waals surface area contributed by atoms with Crippen molar-refractivity contribution in [3.05, 3.63) is 17.5 Å². The Morgan fingerprint density at radius 2 is 2.13 bits per heavy atom. The van der Waals surface area contributed by atoms with Gasteiger partial charge in [0, 0.05) is 5.69 Å². The summed E-state index contributed by atoms with van der Waals surface area (Å²) in [5, 5.41) is 13.6. The van der Waals surface area contributed by atoms with Gasteiger partial charge in [0.2, 0.25) is 0 Å². The van der Waals surface area contributed by atoms with Crippen molar-refractivity contribution < 1.29 is 23.1 Å². The third kappa shape index (κ3) is 2.28. The topological polar surface area (TPSA) is 58.0 Å². The quantitative estimate of drug-likeness (QED) is 0.731.